The van der Waals surface area contributed by atoms with Crippen LogP contribution < -0.4 is 20.9 Å². The number of nitrogens with one attached hydrogen (secondary N) is 4. The molecule has 0 spiro atoms. The molecule has 0 bridgehead atoms. The van der Waals surface area contributed by atoms with E-state index in [1.165, 1.54) is 32.9 Å². The molecule has 2 saturated heterocycles. The first-order chi connectivity index (χ1) is 26.3. The third-order valence-corrected chi connectivity index (χ3v) is 11.4. The Morgan fingerprint density at radius 1 is 0.909 bits per heavy atom. The van der Waals surface area contributed by atoms with Gasteiger partial charge in [-0.05, 0) is 83.4 Å². The number of hydrogen-bond donors (Lipinski definition) is 5. The molecule has 18 nitrogen and oxygen atoms in total. The van der Waals surface area contributed by atoms with E-state index in [0.29, 0.717) is 57.1 Å². The van der Waals surface area contributed by atoms with Crippen LogP contribution >= 0.6 is 11.6 Å². The van der Waals surface area contributed by atoms with Crippen molar-refractivity contribution in [2.75, 3.05) is 40.1 Å². The van der Waals surface area contributed by atoms with E-state index in [1.807, 2.05) is 0 Å². The Morgan fingerprint density at radius 2 is 1.65 bits per heavy atom. The molecule has 0 unspecified atom stereocenters. The Labute approximate surface area is 317 Å². The van der Waals surface area contributed by atoms with E-state index >= 15 is 0 Å². The van der Waals surface area contributed by atoms with Gasteiger partial charge in [0, 0.05) is 52.9 Å². The summed E-state index contributed by atoms with van der Waals surface area (Å²) in [5.74, 6) is -3.56. The fraction of sp³-hybridized carbons (Fsp3) is 0.257. The molecule has 20 heteroatoms. The summed E-state index contributed by atoms with van der Waals surface area (Å²) in [4.78, 5) is 71.2. The van der Waals surface area contributed by atoms with Crippen LogP contribution in [0.25, 0.3) is 16.6 Å². The van der Waals surface area contributed by atoms with Crippen LogP contribution in [0.5, 0.6) is 0 Å². The lowest BCUT2D eigenvalue weighted by atomic mass is 10.0. The van der Waals surface area contributed by atoms with Gasteiger partial charge in [0.15, 0.2) is 0 Å². The maximum Gasteiger partial charge on any atom is 0.352 e. The lowest BCUT2D eigenvalue weighted by Crippen LogP contribution is -2.60. The van der Waals surface area contributed by atoms with Crippen molar-refractivity contribution in [1.29, 1.82) is 0 Å². The number of aromatic nitrogens is 5. The molecular formula is C35H33ClN10O8S. The lowest BCUT2D eigenvalue weighted by Gasteiger charge is -2.38. The van der Waals surface area contributed by atoms with Gasteiger partial charge in [-0.15, -0.1) is 5.10 Å². The van der Waals surface area contributed by atoms with Crippen molar-refractivity contribution in [1.82, 2.24) is 35.4 Å². The standard InChI is InChI=1S/C35H33ClN10O8S/c36-22-3-8-28(46-19-37-42-43-46)29(18-22)44-11-12-45(33(49)32(44)48)30(31(47)38-25-6-7-26-21(16-25)17-27(41-26)34(50)51)15-20-1-4-23(5-2-20)39-35(52)40-24-9-13-55(53,54)14-10-24/h1-8,16-19,24,30,41H,9-15H2,(H,38,47)(H,50,51)(H2,39,40,52)/t30-/m0/s1. The Morgan fingerprint density at radius 3 is 2.36 bits per heavy atom. The topological polar surface area (TPSA) is 242 Å². The molecule has 55 heavy (non-hydrogen) atoms. The quantitative estimate of drug-likeness (QED) is 0.129. The molecule has 2 aliphatic heterocycles. The maximum absolute atomic E-state index is 14.1. The number of carbonyl (C=O) groups excluding carboxylic acids is 4. The highest BCUT2D eigenvalue weighted by molar-refractivity contribution is 7.91. The zero-order valence-electron chi connectivity index (χ0n) is 28.8. The van der Waals surface area contributed by atoms with Crippen molar-refractivity contribution < 1.29 is 37.5 Å². The second kappa shape index (κ2) is 15.2. The van der Waals surface area contributed by atoms with Crippen LogP contribution in [0, 0.1) is 0 Å². The fourth-order valence-electron chi connectivity index (χ4n) is 6.58. The van der Waals surface area contributed by atoms with E-state index in [-0.39, 0.29) is 42.8 Å². The van der Waals surface area contributed by atoms with Crippen molar-refractivity contribution in [3.05, 3.63) is 89.3 Å². The second-order valence-electron chi connectivity index (χ2n) is 13.1. The highest BCUT2D eigenvalue weighted by Gasteiger charge is 2.41. The Kier molecular flexibility index (Phi) is 10.2. The number of aromatic carboxylic acids is 1. The lowest BCUT2D eigenvalue weighted by molar-refractivity contribution is -0.149. The number of carboxylic acids is 1. The first-order valence-corrected chi connectivity index (χ1v) is 19.2. The van der Waals surface area contributed by atoms with Crippen molar-refractivity contribution in [2.45, 2.75) is 31.3 Å². The summed E-state index contributed by atoms with van der Waals surface area (Å²) in [5, 5.41) is 29.8. The van der Waals surface area contributed by atoms with Gasteiger partial charge < -0.3 is 35.8 Å². The maximum atomic E-state index is 14.1. The molecule has 2 aromatic heterocycles. The van der Waals surface area contributed by atoms with Gasteiger partial charge in [-0.25, -0.2) is 18.0 Å². The molecule has 5 N–H and O–H groups in total. The molecule has 7 rings (SSSR count). The van der Waals surface area contributed by atoms with Crippen LogP contribution in [-0.4, -0.2) is 110 Å². The van der Waals surface area contributed by atoms with E-state index in [4.69, 9.17) is 11.6 Å². The summed E-state index contributed by atoms with van der Waals surface area (Å²) in [6.45, 7) is -0.0344. The van der Waals surface area contributed by atoms with Gasteiger partial charge in [0.2, 0.25) is 5.91 Å². The average molecular weight is 789 g/mol. The normalized spacial score (nSPS) is 16.5. The van der Waals surface area contributed by atoms with Crippen LogP contribution in [0.1, 0.15) is 28.9 Å². The van der Waals surface area contributed by atoms with Crippen LogP contribution in [0.3, 0.4) is 0 Å². The molecule has 284 valence electrons. The molecule has 0 saturated carbocycles. The van der Waals surface area contributed by atoms with Gasteiger partial charge >= 0.3 is 23.8 Å². The number of amides is 5. The molecule has 1 atom stereocenters. The summed E-state index contributed by atoms with van der Waals surface area (Å²) in [6, 6.07) is 15.6. The number of rotatable bonds is 10. The van der Waals surface area contributed by atoms with Gasteiger partial charge in [0.1, 0.15) is 27.9 Å². The van der Waals surface area contributed by atoms with Crippen LogP contribution in [0.2, 0.25) is 5.02 Å². The van der Waals surface area contributed by atoms with Crippen LogP contribution in [-0.2, 0) is 30.6 Å². The highest BCUT2D eigenvalue weighted by Crippen LogP contribution is 2.30. The van der Waals surface area contributed by atoms with E-state index in [1.54, 1.807) is 54.6 Å². The Hall–Kier alpha value is -6.34. The average Bonchev–Trinajstić information content (AvgIpc) is 3.85. The van der Waals surface area contributed by atoms with Gasteiger partial charge in [-0.2, -0.15) is 4.68 Å². The molecule has 5 aromatic rings. The number of H-pyrrole nitrogens is 1. The Bertz CT molecular complexity index is 2410. The molecule has 2 aliphatic rings. The van der Waals surface area contributed by atoms with Crippen molar-refractivity contribution in [3.8, 4) is 5.69 Å². The van der Waals surface area contributed by atoms with Crippen molar-refractivity contribution in [3.63, 3.8) is 0 Å². The third kappa shape index (κ3) is 8.26. The number of urea groups is 1. The summed E-state index contributed by atoms with van der Waals surface area (Å²) < 4.78 is 24.8. The van der Waals surface area contributed by atoms with Crippen LogP contribution in [0.4, 0.5) is 21.9 Å². The number of benzene rings is 3. The molecule has 5 amide bonds. The first kappa shape index (κ1) is 37.0. The van der Waals surface area contributed by atoms with Gasteiger partial charge in [-0.3, -0.25) is 14.4 Å². The highest BCUT2D eigenvalue weighted by atomic mass is 35.5. The Balaban J connectivity index is 1.11. The SMILES string of the molecule is O=C(Nc1ccc(C[C@@H](C(=O)Nc2ccc3[nH]c(C(=O)O)cc3c2)N2CCN(c3cc(Cl)ccc3-n3cnnn3)C(=O)C2=O)cc1)NC1CCS(=O)(=O)CC1. The summed E-state index contributed by atoms with van der Waals surface area (Å²) >= 11 is 6.29. The first-order valence-electron chi connectivity index (χ1n) is 17.0. The van der Waals surface area contributed by atoms with Crippen molar-refractivity contribution >= 4 is 79.1 Å². The number of carbonyl (C=O) groups is 5. The number of anilines is 3. The number of aromatic amines is 1. The number of nitrogens with zero attached hydrogens (tertiary/aromatic N) is 6. The molecule has 0 radical (unpaired) electrons. The number of carboxylic acid groups (broad SMARTS) is 1. The molecule has 3 aromatic carbocycles. The van der Waals surface area contributed by atoms with Gasteiger partial charge in [0.25, 0.3) is 0 Å². The number of sulfone groups is 1. The van der Waals surface area contributed by atoms with E-state index < -0.39 is 45.6 Å². The number of halogens is 1. The minimum absolute atomic E-state index is 0.00197. The number of hydrogen-bond acceptors (Lipinski definition) is 10. The predicted octanol–water partition coefficient (Wildman–Crippen LogP) is 2.62. The van der Waals surface area contributed by atoms with E-state index in [0.717, 1.165) is 0 Å². The fourth-order valence-corrected chi connectivity index (χ4v) is 8.24. The van der Waals surface area contributed by atoms with E-state index in [9.17, 15) is 37.5 Å². The minimum Gasteiger partial charge on any atom is -0.477 e. The number of piperazine rings is 1. The smallest absolute Gasteiger partial charge is 0.352 e. The molecular weight excluding hydrogens is 756 g/mol. The minimum atomic E-state index is -3.08. The van der Waals surface area contributed by atoms with Crippen molar-refractivity contribution in [2.24, 2.45) is 0 Å². The summed E-state index contributed by atoms with van der Waals surface area (Å²) in [6.07, 6.45) is 1.98. The van der Waals surface area contributed by atoms with Crippen LogP contribution in [0.15, 0.2) is 73.1 Å². The number of tetrazole rings is 1. The van der Waals surface area contributed by atoms with Gasteiger partial charge in [-0.1, -0.05) is 23.7 Å². The predicted molar refractivity (Wildman–Crippen MR) is 200 cm³/mol. The zero-order chi connectivity index (χ0) is 38.9. The monoisotopic (exact) mass is 788 g/mol. The molecule has 2 fully saturated rings. The summed E-state index contributed by atoms with van der Waals surface area (Å²) in [7, 11) is -3.08. The molecule has 0 aliphatic carbocycles. The molecule has 4 heterocycles. The second-order valence-corrected chi connectivity index (χ2v) is 15.8. The third-order valence-electron chi connectivity index (χ3n) is 9.41. The van der Waals surface area contributed by atoms with E-state index in [2.05, 4.69) is 36.5 Å². The zero-order valence-corrected chi connectivity index (χ0v) is 30.4. The number of fused-ring (bicyclic) bond motifs is 1. The summed E-state index contributed by atoms with van der Waals surface area (Å²) in [5.41, 5.74) is 2.59. The largest absolute Gasteiger partial charge is 0.477 e. The van der Waals surface area contributed by atoms with Gasteiger partial charge in [0.05, 0.1) is 22.9 Å².